The first kappa shape index (κ1) is 28.5. The highest BCUT2D eigenvalue weighted by atomic mass is 28.3. The van der Waals surface area contributed by atoms with Crippen LogP contribution in [0.2, 0.25) is 13.1 Å². The predicted octanol–water partition coefficient (Wildman–Crippen LogP) is 11.6. The van der Waals surface area contributed by atoms with Crippen molar-refractivity contribution in [3.63, 3.8) is 0 Å². The average Bonchev–Trinajstić information content (AvgIpc) is 3.38. The number of fused-ring (bicyclic) bond motifs is 6. The zero-order valence-electron chi connectivity index (χ0n) is 27.2. The lowest BCUT2D eigenvalue weighted by molar-refractivity contribution is 1.30. The van der Waals surface area contributed by atoms with E-state index in [4.69, 9.17) is 0 Å². The van der Waals surface area contributed by atoms with Crippen molar-refractivity contribution >= 4 is 57.1 Å². The number of nitrogens with zero attached hydrogens (tertiary/aromatic N) is 1. The normalized spacial score (nSPS) is 13.0. The third-order valence-electron chi connectivity index (χ3n) is 10.3. The summed E-state index contributed by atoms with van der Waals surface area (Å²) in [6.45, 7) is 4.95. The number of hydrogen-bond donors (Lipinski definition) is 0. The molecule has 1 aliphatic rings. The van der Waals surface area contributed by atoms with Crippen LogP contribution in [0, 0.1) is 0 Å². The monoisotopic (exact) mass is 629 g/mol. The van der Waals surface area contributed by atoms with Gasteiger partial charge in [0.1, 0.15) is 8.07 Å². The summed E-state index contributed by atoms with van der Waals surface area (Å²) in [5.41, 5.74) is 11.2. The Labute approximate surface area is 283 Å². The summed E-state index contributed by atoms with van der Waals surface area (Å²) in [4.78, 5) is 2.42. The van der Waals surface area contributed by atoms with Crippen molar-refractivity contribution in [2.24, 2.45) is 0 Å². The van der Waals surface area contributed by atoms with E-state index in [9.17, 15) is 0 Å². The molecule has 0 aromatic heterocycles. The highest BCUT2D eigenvalue weighted by Crippen LogP contribution is 2.43. The Bertz CT molecular complexity index is 2460. The highest BCUT2D eigenvalue weighted by Gasteiger charge is 2.37. The molecule has 228 valence electrons. The fourth-order valence-corrected chi connectivity index (χ4v) is 10.9. The minimum Gasteiger partial charge on any atom is -0.310 e. The Balaban J connectivity index is 1.18. The van der Waals surface area contributed by atoms with Crippen LogP contribution in [0.1, 0.15) is 0 Å². The van der Waals surface area contributed by atoms with Gasteiger partial charge >= 0.3 is 0 Å². The summed E-state index contributed by atoms with van der Waals surface area (Å²) in [6.07, 6.45) is 0. The Morgan fingerprint density at radius 1 is 0.375 bits per heavy atom. The molecular formula is C46H35NSi. The van der Waals surface area contributed by atoms with Crippen molar-refractivity contribution < 1.29 is 0 Å². The molecule has 0 saturated carbocycles. The molecule has 0 aliphatic carbocycles. The first-order valence-electron chi connectivity index (χ1n) is 16.8. The van der Waals surface area contributed by atoms with E-state index in [-0.39, 0.29) is 0 Å². The Morgan fingerprint density at radius 3 is 1.62 bits per heavy atom. The van der Waals surface area contributed by atoms with Crippen molar-refractivity contribution in [3.8, 4) is 33.4 Å². The molecule has 0 spiro atoms. The molecule has 1 heterocycles. The van der Waals surface area contributed by atoms with Gasteiger partial charge in [-0.05, 0) is 96.3 Å². The lowest BCUT2D eigenvalue weighted by atomic mass is 9.97. The average molecular weight is 630 g/mol. The second kappa shape index (κ2) is 11.2. The molecule has 0 saturated heterocycles. The molecule has 8 aromatic carbocycles. The zero-order valence-corrected chi connectivity index (χ0v) is 28.2. The summed E-state index contributed by atoms with van der Waals surface area (Å²) in [5, 5.41) is 8.09. The van der Waals surface area contributed by atoms with Crippen LogP contribution < -0.4 is 15.3 Å². The fraction of sp³-hybridized carbons (Fsp3) is 0.0435. The second-order valence-electron chi connectivity index (χ2n) is 13.4. The number of hydrogen-bond acceptors (Lipinski definition) is 1. The number of benzene rings is 8. The largest absolute Gasteiger partial charge is 0.310 e. The maximum absolute atomic E-state index is 2.48. The van der Waals surface area contributed by atoms with Crippen molar-refractivity contribution in [3.05, 3.63) is 176 Å². The van der Waals surface area contributed by atoms with Crippen LogP contribution in [0.5, 0.6) is 0 Å². The summed E-state index contributed by atoms with van der Waals surface area (Å²) in [6, 6.07) is 64.7. The SMILES string of the molecule is C[Si]1(C)c2ccccc2-c2cc(-c3ccc(N(c4ccc(-c5ccccc5)cc4)c4cc5ccccc5c5ccccc45)cc3)ccc21. The van der Waals surface area contributed by atoms with E-state index >= 15 is 0 Å². The smallest absolute Gasteiger partial charge is 0.113 e. The maximum Gasteiger partial charge on any atom is 0.113 e. The maximum atomic E-state index is 2.48. The van der Waals surface area contributed by atoms with Gasteiger partial charge in [0.15, 0.2) is 0 Å². The van der Waals surface area contributed by atoms with Gasteiger partial charge in [0.25, 0.3) is 0 Å². The first-order valence-corrected chi connectivity index (χ1v) is 19.8. The fourth-order valence-electron chi connectivity index (χ4n) is 7.78. The van der Waals surface area contributed by atoms with Gasteiger partial charge in [-0.3, -0.25) is 0 Å². The van der Waals surface area contributed by atoms with Crippen molar-refractivity contribution in [2.75, 3.05) is 4.90 Å². The van der Waals surface area contributed by atoms with E-state index in [0.717, 1.165) is 11.4 Å². The van der Waals surface area contributed by atoms with Gasteiger partial charge in [0.2, 0.25) is 0 Å². The van der Waals surface area contributed by atoms with Crippen LogP contribution in [0.15, 0.2) is 176 Å². The lowest BCUT2D eigenvalue weighted by Crippen LogP contribution is -2.49. The van der Waals surface area contributed by atoms with Crippen LogP contribution in [-0.4, -0.2) is 8.07 Å². The summed E-state index contributed by atoms with van der Waals surface area (Å²) < 4.78 is 0. The molecule has 48 heavy (non-hydrogen) atoms. The van der Waals surface area contributed by atoms with Crippen LogP contribution in [-0.2, 0) is 0 Å². The van der Waals surface area contributed by atoms with E-state index < -0.39 is 8.07 Å². The van der Waals surface area contributed by atoms with E-state index in [1.54, 1.807) is 5.19 Å². The van der Waals surface area contributed by atoms with Crippen molar-refractivity contribution in [1.29, 1.82) is 0 Å². The van der Waals surface area contributed by atoms with E-state index in [0.29, 0.717) is 0 Å². The molecule has 0 N–H and O–H groups in total. The molecule has 2 heteroatoms. The quantitative estimate of drug-likeness (QED) is 0.135. The van der Waals surface area contributed by atoms with Crippen LogP contribution in [0.3, 0.4) is 0 Å². The molecule has 0 unspecified atom stereocenters. The van der Waals surface area contributed by atoms with Crippen molar-refractivity contribution in [1.82, 2.24) is 0 Å². The third-order valence-corrected chi connectivity index (χ3v) is 13.8. The van der Waals surface area contributed by atoms with E-state index in [1.165, 1.54) is 65.8 Å². The molecule has 0 amide bonds. The minimum atomic E-state index is -1.68. The predicted molar refractivity (Wildman–Crippen MR) is 209 cm³/mol. The van der Waals surface area contributed by atoms with Crippen LogP contribution >= 0.6 is 0 Å². The number of anilines is 3. The van der Waals surface area contributed by atoms with E-state index in [2.05, 4.69) is 194 Å². The molecular weight excluding hydrogens is 595 g/mol. The number of rotatable bonds is 5. The van der Waals surface area contributed by atoms with Crippen LogP contribution in [0.4, 0.5) is 17.1 Å². The van der Waals surface area contributed by atoms with Gasteiger partial charge in [-0.1, -0.05) is 153 Å². The summed E-state index contributed by atoms with van der Waals surface area (Å²) in [7, 11) is -1.68. The molecule has 0 radical (unpaired) electrons. The lowest BCUT2D eigenvalue weighted by Gasteiger charge is -2.28. The Hall–Kier alpha value is -5.70. The van der Waals surface area contributed by atoms with Gasteiger partial charge in [-0.25, -0.2) is 0 Å². The summed E-state index contributed by atoms with van der Waals surface area (Å²) in [5.74, 6) is 0. The van der Waals surface area contributed by atoms with Gasteiger partial charge in [-0.15, -0.1) is 0 Å². The van der Waals surface area contributed by atoms with E-state index in [1.807, 2.05) is 0 Å². The Kier molecular flexibility index (Phi) is 6.67. The van der Waals surface area contributed by atoms with Crippen molar-refractivity contribution in [2.45, 2.75) is 13.1 Å². The van der Waals surface area contributed by atoms with Gasteiger partial charge in [0.05, 0.1) is 5.69 Å². The zero-order chi connectivity index (χ0) is 32.2. The highest BCUT2D eigenvalue weighted by molar-refractivity contribution is 7.03. The molecule has 8 aromatic rings. The molecule has 0 atom stereocenters. The standard InChI is InChI=1S/C46H35NSi/c1-48(2)45-19-11-10-18-42(45)43-30-35(24-29-46(43)48)34-22-27-38(28-23-34)47(37-25-20-33(21-26-37)32-12-4-3-5-13-32)44-31-36-14-6-7-15-39(36)40-16-8-9-17-41(40)44/h3-31H,1-2H3. The van der Waals surface area contributed by atoms with Gasteiger partial charge in [-0.2, -0.15) is 0 Å². The van der Waals surface area contributed by atoms with Crippen LogP contribution in [0.25, 0.3) is 54.9 Å². The second-order valence-corrected chi connectivity index (χ2v) is 17.7. The van der Waals surface area contributed by atoms with Gasteiger partial charge < -0.3 is 4.90 Å². The van der Waals surface area contributed by atoms with Gasteiger partial charge in [0, 0.05) is 16.8 Å². The molecule has 1 nitrogen and oxygen atoms in total. The molecule has 1 aliphatic heterocycles. The summed E-state index contributed by atoms with van der Waals surface area (Å²) >= 11 is 0. The Morgan fingerprint density at radius 2 is 0.896 bits per heavy atom. The minimum absolute atomic E-state index is 1.13. The molecule has 0 fully saturated rings. The topological polar surface area (TPSA) is 3.24 Å². The first-order chi connectivity index (χ1) is 23.6. The third kappa shape index (κ3) is 4.60. The molecule has 9 rings (SSSR count). The molecule has 0 bridgehead atoms.